The molecular weight excluding hydrogens is 262 g/mol. The third kappa shape index (κ3) is 2.42. The number of hydrogen-bond acceptors (Lipinski definition) is 4. The highest BCUT2D eigenvalue weighted by atomic mass is 35.5. The fourth-order valence-corrected chi connectivity index (χ4v) is 3.30. The number of nitrogens with zero attached hydrogens (tertiary/aromatic N) is 2. The van der Waals surface area contributed by atoms with E-state index in [1.54, 1.807) is 23.1 Å². The molecule has 0 spiro atoms. The van der Waals surface area contributed by atoms with Crippen molar-refractivity contribution in [3.8, 4) is 0 Å². The standard InChI is InChI=1S/C10H10ClN3S2/c11-9-4-3-8(16-9)7-5-15-10(14-13-7)12-6-1-2-6/h3-4,6H,1-2,5H2,(H,12,14). The molecule has 84 valence electrons. The Hall–Kier alpha value is -0.520. The quantitative estimate of drug-likeness (QED) is 0.898. The third-order valence-electron chi connectivity index (χ3n) is 2.34. The zero-order chi connectivity index (χ0) is 11.0. The number of rotatable bonds is 2. The minimum atomic E-state index is 0.544. The highest BCUT2D eigenvalue weighted by Crippen LogP contribution is 2.27. The molecule has 2 aliphatic rings. The molecule has 0 saturated heterocycles. The predicted molar refractivity (Wildman–Crippen MR) is 71.9 cm³/mol. The maximum Gasteiger partial charge on any atom is 0.177 e. The molecule has 3 nitrogen and oxygen atoms in total. The molecule has 0 bridgehead atoms. The second-order valence-corrected chi connectivity index (χ2v) is 6.41. The van der Waals surface area contributed by atoms with E-state index in [1.165, 1.54) is 12.8 Å². The first kappa shape index (κ1) is 10.6. The largest absolute Gasteiger partial charge is 0.258 e. The Kier molecular flexibility index (Phi) is 2.91. The minimum absolute atomic E-state index is 0.544. The summed E-state index contributed by atoms with van der Waals surface area (Å²) in [5.74, 6) is 0.870. The van der Waals surface area contributed by atoms with Crippen molar-refractivity contribution in [1.29, 1.82) is 0 Å². The lowest BCUT2D eigenvalue weighted by Crippen LogP contribution is -2.25. The molecule has 1 aromatic heterocycles. The van der Waals surface area contributed by atoms with Crippen LogP contribution in [-0.2, 0) is 0 Å². The summed E-state index contributed by atoms with van der Waals surface area (Å²) in [6.07, 6.45) is 2.45. The van der Waals surface area contributed by atoms with Gasteiger partial charge in [-0.25, -0.2) is 0 Å². The number of aliphatic imine (C=N–C) groups is 1. The van der Waals surface area contributed by atoms with Gasteiger partial charge in [0.25, 0.3) is 0 Å². The molecule has 0 amide bonds. The van der Waals surface area contributed by atoms with Crippen LogP contribution in [0.25, 0.3) is 0 Å². The molecule has 1 saturated carbocycles. The van der Waals surface area contributed by atoms with E-state index in [4.69, 9.17) is 11.6 Å². The molecule has 0 unspecified atom stereocenters. The third-order valence-corrected chi connectivity index (χ3v) is 4.50. The molecule has 0 radical (unpaired) electrons. The Morgan fingerprint density at radius 2 is 2.31 bits per heavy atom. The second-order valence-electron chi connectivity index (χ2n) is 3.73. The maximum absolute atomic E-state index is 5.90. The van der Waals surface area contributed by atoms with Gasteiger partial charge >= 0.3 is 0 Å². The number of thioether (sulfide) groups is 1. The summed E-state index contributed by atoms with van der Waals surface area (Å²) in [6, 6.07) is 4.46. The summed E-state index contributed by atoms with van der Waals surface area (Å²) in [5, 5.41) is 5.29. The predicted octanol–water partition coefficient (Wildman–Crippen LogP) is 2.96. The average molecular weight is 272 g/mol. The van der Waals surface area contributed by atoms with Crippen LogP contribution in [0.1, 0.15) is 17.7 Å². The van der Waals surface area contributed by atoms with Crippen molar-refractivity contribution in [2.24, 2.45) is 10.1 Å². The van der Waals surface area contributed by atoms with E-state index in [9.17, 15) is 0 Å². The van der Waals surface area contributed by atoms with E-state index in [2.05, 4.69) is 15.5 Å². The molecule has 1 N–H and O–H groups in total. The summed E-state index contributed by atoms with van der Waals surface area (Å²) < 4.78 is 0.806. The second kappa shape index (κ2) is 4.39. The number of hydrogen-bond donors (Lipinski definition) is 1. The molecule has 1 aromatic rings. The number of nitrogens with one attached hydrogen (secondary N) is 1. The van der Waals surface area contributed by atoms with Crippen molar-refractivity contribution in [1.82, 2.24) is 5.43 Å². The molecule has 1 fully saturated rings. The SMILES string of the molecule is Clc1ccc(C2=NNC(=NC3CC3)SC2)s1. The van der Waals surface area contributed by atoms with E-state index in [1.807, 2.05) is 12.1 Å². The highest BCUT2D eigenvalue weighted by molar-refractivity contribution is 8.14. The summed E-state index contributed by atoms with van der Waals surface area (Å²) in [7, 11) is 0. The average Bonchev–Trinajstić information content (AvgIpc) is 3.00. The van der Waals surface area contributed by atoms with E-state index >= 15 is 0 Å². The normalized spacial score (nSPS) is 23.1. The summed E-state index contributed by atoms with van der Waals surface area (Å²) in [5.41, 5.74) is 4.07. The van der Waals surface area contributed by atoms with Gasteiger partial charge in [-0.1, -0.05) is 23.4 Å². The van der Waals surface area contributed by atoms with E-state index in [-0.39, 0.29) is 0 Å². The monoisotopic (exact) mass is 271 g/mol. The number of hydrazone groups is 1. The number of amidine groups is 1. The zero-order valence-corrected chi connectivity index (χ0v) is 10.8. The Bertz CT molecular complexity index is 462. The van der Waals surface area contributed by atoms with Crippen molar-refractivity contribution in [2.75, 3.05) is 5.75 Å². The molecular formula is C10H10ClN3S2. The van der Waals surface area contributed by atoms with Crippen molar-refractivity contribution in [2.45, 2.75) is 18.9 Å². The first-order valence-electron chi connectivity index (χ1n) is 5.10. The van der Waals surface area contributed by atoms with Gasteiger partial charge in [-0.2, -0.15) is 5.10 Å². The van der Waals surface area contributed by atoms with Crippen LogP contribution < -0.4 is 5.43 Å². The van der Waals surface area contributed by atoms with Crippen LogP contribution in [0.15, 0.2) is 22.2 Å². The van der Waals surface area contributed by atoms with Gasteiger partial charge in [0.15, 0.2) is 5.17 Å². The lowest BCUT2D eigenvalue weighted by Gasteiger charge is -2.13. The van der Waals surface area contributed by atoms with Gasteiger partial charge in [-0.15, -0.1) is 11.3 Å². The van der Waals surface area contributed by atoms with Crippen molar-refractivity contribution in [3.05, 3.63) is 21.3 Å². The van der Waals surface area contributed by atoms with Crippen LogP contribution in [0.2, 0.25) is 4.34 Å². The Morgan fingerprint density at radius 3 is 2.88 bits per heavy atom. The van der Waals surface area contributed by atoms with Gasteiger partial charge in [0, 0.05) is 5.75 Å². The lowest BCUT2D eigenvalue weighted by molar-refractivity contribution is 0.986. The number of thiophene rings is 1. The van der Waals surface area contributed by atoms with Gasteiger partial charge < -0.3 is 0 Å². The molecule has 1 aliphatic carbocycles. The molecule has 6 heteroatoms. The van der Waals surface area contributed by atoms with Crippen LogP contribution in [0, 0.1) is 0 Å². The topological polar surface area (TPSA) is 36.8 Å². The molecule has 0 aromatic carbocycles. The lowest BCUT2D eigenvalue weighted by atomic mass is 10.3. The van der Waals surface area contributed by atoms with Crippen LogP contribution in [0.3, 0.4) is 0 Å². The van der Waals surface area contributed by atoms with Crippen LogP contribution in [-0.4, -0.2) is 22.7 Å². The van der Waals surface area contributed by atoms with Crippen LogP contribution in [0.4, 0.5) is 0 Å². The van der Waals surface area contributed by atoms with Crippen LogP contribution >= 0.6 is 34.7 Å². The van der Waals surface area contributed by atoms with Crippen molar-refractivity contribution >= 4 is 45.6 Å². The fourth-order valence-electron chi connectivity index (χ4n) is 1.35. The highest BCUT2D eigenvalue weighted by Gasteiger charge is 2.22. The minimum Gasteiger partial charge on any atom is -0.258 e. The van der Waals surface area contributed by atoms with Gasteiger partial charge in [-0.3, -0.25) is 10.4 Å². The van der Waals surface area contributed by atoms with E-state index in [0.717, 1.165) is 25.8 Å². The Labute approximate surface area is 107 Å². The molecule has 16 heavy (non-hydrogen) atoms. The maximum atomic E-state index is 5.90. The van der Waals surface area contributed by atoms with Crippen molar-refractivity contribution < 1.29 is 0 Å². The Morgan fingerprint density at radius 1 is 1.44 bits per heavy atom. The van der Waals surface area contributed by atoms with Crippen molar-refractivity contribution in [3.63, 3.8) is 0 Å². The molecule has 2 heterocycles. The van der Waals surface area contributed by atoms with Gasteiger partial charge in [0.05, 0.1) is 21.0 Å². The smallest absolute Gasteiger partial charge is 0.177 e. The molecule has 0 atom stereocenters. The van der Waals surface area contributed by atoms with E-state index in [0.29, 0.717) is 6.04 Å². The van der Waals surface area contributed by atoms with Crippen LogP contribution in [0.5, 0.6) is 0 Å². The zero-order valence-electron chi connectivity index (χ0n) is 8.44. The van der Waals surface area contributed by atoms with E-state index < -0.39 is 0 Å². The summed E-state index contributed by atoms with van der Waals surface area (Å²) in [6.45, 7) is 0. The first-order valence-corrected chi connectivity index (χ1v) is 7.28. The molecule has 1 aliphatic heterocycles. The summed E-state index contributed by atoms with van der Waals surface area (Å²) in [4.78, 5) is 5.65. The Balaban J connectivity index is 1.73. The molecule has 3 rings (SSSR count). The van der Waals surface area contributed by atoms with Gasteiger partial charge in [0.1, 0.15) is 0 Å². The van der Waals surface area contributed by atoms with Gasteiger partial charge in [-0.05, 0) is 25.0 Å². The van der Waals surface area contributed by atoms with Gasteiger partial charge in [0.2, 0.25) is 0 Å². The number of halogens is 1. The summed E-state index contributed by atoms with van der Waals surface area (Å²) >= 11 is 9.18. The fraction of sp³-hybridized carbons (Fsp3) is 0.400. The first-order chi connectivity index (χ1) is 7.81.